The molecule has 0 atom stereocenters. The summed E-state index contributed by atoms with van der Waals surface area (Å²) >= 11 is 0. The number of anilines is 1. The van der Waals surface area contributed by atoms with Gasteiger partial charge in [0.15, 0.2) is 11.5 Å². The number of aromatic nitrogens is 2. The maximum absolute atomic E-state index is 12.6. The first kappa shape index (κ1) is 15.7. The molecule has 3 aromatic rings. The van der Waals surface area contributed by atoms with Gasteiger partial charge in [-0.2, -0.15) is 0 Å². The van der Waals surface area contributed by atoms with Crippen LogP contribution in [0.2, 0.25) is 0 Å². The van der Waals surface area contributed by atoms with Crippen LogP contribution in [-0.2, 0) is 0 Å². The number of methoxy groups -OCH3 is 3. The lowest BCUT2D eigenvalue weighted by molar-refractivity contribution is 0.102. The Bertz CT molecular complexity index is 863. The Morgan fingerprint density at radius 3 is 2.42 bits per heavy atom. The van der Waals surface area contributed by atoms with Crippen molar-refractivity contribution in [3.05, 3.63) is 42.2 Å². The highest BCUT2D eigenvalue weighted by atomic mass is 16.5. The van der Waals surface area contributed by atoms with Gasteiger partial charge in [0.2, 0.25) is 5.75 Å². The molecule has 0 unspecified atom stereocenters. The number of imidazole rings is 1. The van der Waals surface area contributed by atoms with Crippen molar-refractivity contribution in [2.75, 3.05) is 26.6 Å². The highest BCUT2D eigenvalue weighted by Gasteiger charge is 2.16. The number of fused-ring (bicyclic) bond motifs is 1. The van der Waals surface area contributed by atoms with Gasteiger partial charge in [-0.1, -0.05) is 6.07 Å². The number of hydrogen-bond acceptors (Lipinski definition) is 5. The Morgan fingerprint density at radius 2 is 1.79 bits per heavy atom. The Labute approximate surface area is 138 Å². The smallest absolute Gasteiger partial charge is 0.257 e. The summed E-state index contributed by atoms with van der Waals surface area (Å²) in [5.74, 6) is 1.12. The zero-order valence-corrected chi connectivity index (χ0v) is 13.5. The van der Waals surface area contributed by atoms with Crippen LogP contribution in [0.15, 0.2) is 36.7 Å². The fourth-order valence-corrected chi connectivity index (χ4v) is 2.50. The molecular weight excluding hydrogens is 310 g/mol. The predicted octanol–water partition coefficient (Wildman–Crippen LogP) is 2.84. The standard InChI is InChI=1S/C17H17N3O4/c1-22-13-7-10(8-14(23-2)16(13)24-3)20-17(21)11-5-4-6-12-15(11)19-9-18-12/h4-9H,1-3H3,(H,18,19)(H,20,21). The normalized spacial score (nSPS) is 10.5. The predicted molar refractivity (Wildman–Crippen MR) is 90.1 cm³/mol. The fraction of sp³-hybridized carbons (Fsp3) is 0.176. The number of benzene rings is 2. The lowest BCUT2D eigenvalue weighted by atomic mass is 10.1. The number of aromatic amines is 1. The summed E-state index contributed by atoms with van der Waals surface area (Å²) in [6, 6.07) is 8.72. The number of amides is 1. The third-order valence-corrected chi connectivity index (χ3v) is 3.62. The maximum atomic E-state index is 12.6. The van der Waals surface area contributed by atoms with Crippen molar-refractivity contribution in [1.82, 2.24) is 9.97 Å². The number of rotatable bonds is 5. The minimum absolute atomic E-state index is 0.276. The van der Waals surface area contributed by atoms with Gasteiger partial charge in [0.1, 0.15) is 5.52 Å². The van der Waals surface area contributed by atoms with E-state index in [2.05, 4.69) is 15.3 Å². The zero-order chi connectivity index (χ0) is 17.1. The van der Waals surface area contributed by atoms with Crippen molar-refractivity contribution in [1.29, 1.82) is 0 Å². The second kappa shape index (κ2) is 6.49. The number of ether oxygens (including phenoxy) is 3. The quantitative estimate of drug-likeness (QED) is 0.752. The van der Waals surface area contributed by atoms with Crippen LogP contribution in [0.4, 0.5) is 5.69 Å². The molecular formula is C17H17N3O4. The monoisotopic (exact) mass is 327 g/mol. The van der Waals surface area contributed by atoms with E-state index < -0.39 is 0 Å². The highest BCUT2D eigenvalue weighted by molar-refractivity contribution is 6.11. The van der Waals surface area contributed by atoms with Crippen molar-refractivity contribution in [2.24, 2.45) is 0 Å². The van der Waals surface area contributed by atoms with E-state index in [0.29, 0.717) is 34.0 Å². The lowest BCUT2D eigenvalue weighted by Crippen LogP contribution is -2.12. The zero-order valence-electron chi connectivity index (χ0n) is 13.5. The second-order valence-electron chi connectivity index (χ2n) is 4.97. The van der Waals surface area contributed by atoms with E-state index in [-0.39, 0.29) is 5.91 Å². The number of para-hydroxylation sites is 1. The molecule has 7 heteroatoms. The second-order valence-corrected chi connectivity index (χ2v) is 4.97. The summed E-state index contributed by atoms with van der Waals surface area (Å²) in [7, 11) is 4.57. The lowest BCUT2D eigenvalue weighted by Gasteiger charge is -2.14. The van der Waals surface area contributed by atoms with Crippen LogP contribution in [0, 0.1) is 0 Å². The number of carbonyl (C=O) groups excluding carboxylic acids is 1. The molecule has 1 amide bonds. The summed E-state index contributed by atoms with van der Waals surface area (Å²) in [6.45, 7) is 0. The van der Waals surface area contributed by atoms with E-state index in [9.17, 15) is 4.79 Å². The van der Waals surface area contributed by atoms with E-state index in [0.717, 1.165) is 5.52 Å². The molecule has 0 aliphatic carbocycles. The molecule has 0 fully saturated rings. The first-order valence-electron chi connectivity index (χ1n) is 7.21. The third-order valence-electron chi connectivity index (χ3n) is 3.62. The van der Waals surface area contributed by atoms with E-state index in [1.165, 1.54) is 21.3 Å². The van der Waals surface area contributed by atoms with Gasteiger partial charge < -0.3 is 24.5 Å². The SMILES string of the molecule is COc1cc(NC(=O)c2cccc3[nH]cnc23)cc(OC)c1OC. The van der Waals surface area contributed by atoms with Gasteiger partial charge in [-0.05, 0) is 12.1 Å². The molecule has 124 valence electrons. The summed E-state index contributed by atoms with van der Waals surface area (Å²) in [5.41, 5.74) is 2.42. The fourth-order valence-electron chi connectivity index (χ4n) is 2.50. The molecule has 2 aromatic carbocycles. The Hall–Kier alpha value is -3.22. The molecule has 24 heavy (non-hydrogen) atoms. The van der Waals surface area contributed by atoms with Crippen molar-refractivity contribution < 1.29 is 19.0 Å². The van der Waals surface area contributed by atoms with E-state index in [4.69, 9.17) is 14.2 Å². The Balaban J connectivity index is 1.96. The minimum Gasteiger partial charge on any atom is -0.493 e. The number of carbonyl (C=O) groups is 1. The largest absolute Gasteiger partial charge is 0.493 e. The van der Waals surface area contributed by atoms with Gasteiger partial charge in [-0.25, -0.2) is 4.98 Å². The number of hydrogen-bond donors (Lipinski definition) is 2. The van der Waals surface area contributed by atoms with Crippen LogP contribution < -0.4 is 19.5 Å². The Kier molecular flexibility index (Phi) is 4.24. The topological polar surface area (TPSA) is 85.5 Å². The molecule has 0 bridgehead atoms. The highest BCUT2D eigenvalue weighted by Crippen LogP contribution is 2.40. The van der Waals surface area contributed by atoms with Crippen molar-refractivity contribution >= 4 is 22.6 Å². The molecule has 7 nitrogen and oxygen atoms in total. The number of H-pyrrole nitrogens is 1. The molecule has 1 heterocycles. The van der Waals surface area contributed by atoms with Crippen LogP contribution in [0.5, 0.6) is 17.2 Å². The average Bonchev–Trinajstić information content (AvgIpc) is 3.09. The average molecular weight is 327 g/mol. The molecule has 0 aliphatic rings. The number of nitrogens with one attached hydrogen (secondary N) is 2. The van der Waals surface area contributed by atoms with E-state index in [1.807, 2.05) is 6.07 Å². The van der Waals surface area contributed by atoms with Crippen LogP contribution in [0.25, 0.3) is 11.0 Å². The molecule has 2 N–H and O–H groups in total. The third kappa shape index (κ3) is 2.71. The Morgan fingerprint density at radius 1 is 1.08 bits per heavy atom. The summed E-state index contributed by atoms with van der Waals surface area (Å²) in [6.07, 6.45) is 1.56. The first-order chi connectivity index (χ1) is 11.7. The van der Waals surface area contributed by atoms with Crippen LogP contribution in [0.1, 0.15) is 10.4 Å². The van der Waals surface area contributed by atoms with Crippen LogP contribution in [-0.4, -0.2) is 37.2 Å². The van der Waals surface area contributed by atoms with Gasteiger partial charge in [-0.15, -0.1) is 0 Å². The molecule has 0 radical (unpaired) electrons. The first-order valence-corrected chi connectivity index (χ1v) is 7.21. The minimum atomic E-state index is -0.276. The molecule has 1 aromatic heterocycles. The van der Waals surface area contributed by atoms with Crippen molar-refractivity contribution in [3.63, 3.8) is 0 Å². The molecule has 0 spiro atoms. The maximum Gasteiger partial charge on any atom is 0.257 e. The van der Waals surface area contributed by atoms with Gasteiger partial charge in [0.05, 0.1) is 38.7 Å². The molecule has 0 aliphatic heterocycles. The van der Waals surface area contributed by atoms with Crippen LogP contribution >= 0.6 is 0 Å². The van der Waals surface area contributed by atoms with Gasteiger partial charge in [0, 0.05) is 17.8 Å². The molecule has 0 saturated heterocycles. The van der Waals surface area contributed by atoms with Crippen LogP contribution in [0.3, 0.4) is 0 Å². The summed E-state index contributed by atoms with van der Waals surface area (Å²) < 4.78 is 15.9. The number of nitrogens with zero attached hydrogens (tertiary/aromatic N) is 1. The van der Waals surface area contributed by atoms with E-state index >= 15 is 0 Å². The van der Waals surface area contributed by atoms with Gasteiger partial charge in [0.25, 0.3) is 5.91 Å². The van der Waals surface area contributed by atoms with Crippen molar-refractivity contribution in [2.45, 2.75) is 0 Å². The van der Waals surface area contributed by atoms with Gasteiger partial charge in [-0.3, -0.25) is 4.79 Å². The summed E-state index contributed by atoms with van der Waals surface area (Å²) in [4.78, 5) is 19.8. The van der Waals surface area contributed by atoms with Crippen molar-refractivity contribution in [3.8, 4) is 17.2 Å². The molecule has 0 saturated carbocycles. The van der Waals surface area contributed by atoms with Gasteiger partial charge >= 0.3 is 0 Å². The van der Waals surface area contributed by atoms with E-state index in [1.54, 1.807) is 30.6 Å². The summed E-state index contributed by atoms with van der Waals surface area (Å²) in [5, 5.41) is 2.83. The molecule has 3 rings (SSSR count).